The van der Waals surface area contributed by atoms with Gasteiger partial charge in [-0.1, -0.05) is 43.0 Å². The smallest absolute Gasteiger partial charge is 0.356 e. The highest BCUT2D eigenvalue weighted by molar-refractivity contribution is 8.24. The second-order valence-corrected chi connectivity index (χ2v) is 8.93. The highest BCUT2D eigenvalue weighted by Crippen LogP contribution is 2.50. The minimum atomic E-state index is -0.760. The van der Waals surface area contributed by atoms with Crippen molar-refractivity contribution in [1.82, 2.24) is 4.90 Å². The Balaban J connectivity index is 2.37. The van der Waals surface area contributed by atoms with E-state index in [2.05, 4.69) is 0 Å². The number of carbonyl (C=O) groups excluding carboxylic acids is 3. The Morgan fingerprint density at radius 3 is 2.42 bits per heavy atom. The third-order valence-corrected chi connectivity index (χ3v) is 6.99. The van der Waals surface area contributed by atoms with Gasteiger partial charge in [-0.3, -0.25) is 0 Å². The van der Waals surface area contributed by atoms with E-state index >= 15 is 0 Å². The molecule has 2 aliphatic rings. The maximum atomic E-state index is 13.1. The maximum absolute atomic E-state index is 13.1. The molecule has 0 radical (unpaired) electrons. The first-order chi connectivity index (χ1) is 15.0. The van der Waals surface area contributed by atoms with Crippen LogP contribution in [-0.2, 0) is 28.6 Å². The Bertz CT molecular complexity index is 997. The van der Waals surface area contributed by atoms with Gasteiger partial charge in [0.25, 0.3) is 0 Å². The number of hydrogen-bond donors (Lipinski definition) is 0. The van der Waals surface area contributed by atoms with Crippen LogP contribution in [0.15, 0.2) is 50.9 Å². The molecule has 0 aliphatic carbocycles. The van der Waals surface area contributed by atoms with Crippen LogP contribution in [-0.4, -0.2) is 49.4 Å². The van der Waals surface area contributed by atoms with Gasteiger partial charge >= 0.3 is 17.9 Å². The minimum Gasteiger partial charge on any atom is -0.466 e. The van der Waals surface area contributed by atoms with Crippen molar-refractivity contribution in [3.05, 3.63) is 62.0 Å². The molecule has 9 heteroatoms. The minimum absolute atomic E-state index is 0.0877. The zero-order chi connectivity index (χ0) is 22.5. The maximum Gasteiger partial charge on any atom is 0.356 e. The molecule has 0 aromatic heterocycles. The molecule has 0 saturated heterocycles. The number of thioether (sulfide) groups is 2. The van der Waals surface area contributed by atoms with Crippen molar-refractivity contribution in [2.75, 3.05) is 26.6 Å². The van der Waals surface area contributed by atoms with Crippen molar-refractivity contribution in [2.24, 2.45) is 0 Å². The lowest BCUT2D eigenvalue weighted by Crippen LogP contribution is -2.34. The Morgan fingerprint density at radius 2 is 1.77 bits per heavy atom. The summed E-state index contributed by atoms with van der Waals surface area (Å²) in [6.07, 6.45) is 3.60. The summed E-state index contributed by atoms with van der Waals surface area (Å²) in [7, 11) is 2.51. The van der Waals surface area contributed by atoms with Crippen molar-refractivity contribution in [2.45, 2.75) is 19.9 Å². The number of carbonyl (C=O) groups is 3. The fourth-order valence-corrected chi connectivity index (χ4v) is 5.78. The molecule has 0 spiro atoms. The van der Waals surface area contributed by atoms with Crippen LogP contribution < -0.4 is 0 Å². The SMILES string of the molecule is CCOC(=O)C1=C(SCC)SC(C(=O)OC)=C(C(=O)OC)C2c3ccccc3C=CN12. The van der Waals surface area contributed by atoms with E-state index in [4.69, 9.17) is 14.2 Å². The first kappa shape index (κ1) is 23.0. The predicted molar refractivity (Wildman–Crippen MR) is 120 cm³/mol. The van der Waals surface area contributed by atoms with Gasteiger partial charge in [0.1, 0.15) is 10.6 Å². The molecule has 0 bridgehead atoms. The van der Waals surface area contributed by atoms with Crippen molar-refractivity contribution in [1.29, 1.82) is 0 Å². The molecule has 0 N–H and O–H groups in total. The van der Waals surface area contributed by atoms with Gasteiger partial charge in [0, 0.05) is 6.20 Å². The highest BCUT2D eigenvalue weighted by atomic mass is 32.2. The molecule has 2 heterocycles. The molecule has 164 valence electrons. The van der Waals surface area contributed by atoms with Crippen LogP contribution in [0.1, 0.15) is 31.0 Å². The van der Waals surface area contributed by atoms with E-state index < -0.39 is 23.9 Å². The monoisotopic (exact) mass is 461 g/mol. The number of hydrogen-bond acceptors (Lipinski definition) is 9. The van der Waals surface area contributed by atoms with Crippen LogP contribution in [0.25, 0.3) is 6.08 Å². The van der Waals surface area contributed by atoms with Crippen LogP contribution in [0, 0.1) is 0 Å². The number of benzene rings is 1. The van der Waals surface area contributed by atoms with Gasteiger partial charge in [-0.05, 0) is 29.9 Å². The molecule has 1 unspecified atom stereocenters. The largest absolute Gasteiger partial charge is 0.466 e. The molecule has 7 nitrogen and oxygen atoms in total. The fraction of sp³-hybridized carbons (Fsp3) is 0.318. The van der Waals surface area contributed by atoms with Crippen molar-refractivity contribution in [3.63, 3.8) is 0 Å². The summed E-state index contributed by atoms with van der Waals surface area (Å²) in [5.41, 5.74) is 2.02. The van der Waals surface area contributed by atoms with Gasteiger partial charge in [0.2, 0.25) is 0 Å². The van der Waals surface area contributed by atoms with E-state index in [0.29, 0.717) is 9.99 Å². The Morgan fingerprint density at radius 1 is 1.06 bits per heavy atom. The molecule has 1 aromatic rings. The first-order valence-corrected chi connectivity index (χ1v) is 11.5. The topological polar surface area (TPSA) is 82.1 Å². The lowest BCUT2D eigenvalue weighted by molar-refractivity contribution is -0.141. The van der Waals surface area contributed by atoms with Gasteiger partial charge in [0.05, 0.1) is 36.7 Å². The first-order valence-electron chi connectivity index (χ1n) is 9.66. The summed E-state index contributed by atoms with van der Waals surface area (Å²) in [4.78, 5) is 40.6. The highest BCUT2D eigenvalue weighted by Gasteiger charge is 2.43. The Labute approximate surface area is 189 Å². The number of nitrogens with zero attached hydrogens (tertiary/aromatic N) is 1. The molecule has 1 aromatic carbocycles. The van der Waals surface area contributed by atoms with E-state index in [-0.39, 0.29) is 22.8 Å². The molecule has 31 heavy (non-hydrogen) atoms. The summed E-state index contributed by atoms with van der Waals surface area (Å²) in [6, 6.07) is 6.73. The van der Waals surface area contributed by atoms with Crippen molar-refractivity contribution < 1.29 is 28.6 Å². The van der Waals surface area contributed by atoms with Gasteiger partial charge in [-0.25, -0.2) is 14.4 Å². The molecule has 0 saturated carbocycles. The van der Waals surface area contributed by atoms with Gasteiger partial charge in [0.15, 0.2) is 0 Å². The fourth-order valence-electron chi connectivity index (χ4n) is 3.41. The van der Waals surface area contributed by atoms with Crippen LogP contribution in [0.4, 0.5) is 0 Å². The third-order valence-electron chi connectivity index (χ3n) is 4.67. The average Bonchev–Trinajstić information content (AvgIpc) is 2.93. The predicted octanol–water partition coefficient (Wildman–Crippen LogP) is 3.85. The van der Waals surface area contributed by atoms with Crippen molar-refractivity contribution >= 4 is 47.5 Å². The summed E-state index contributed by atoms with van der Waals surface area (Å²) in [6.45, 7) is 3.86. The van der Waals surface area contributed by atoms with Crippen LogP contribution in [0.2, 0.25) is 0 Å². The van der Waals surface area contributed by atoms with Gasteiger partial charge in [-0.15, -0.1) is 11.8 Å². The van der Waals surface area contributed by atoms with E-state index in [0.717, 1.165) is 22.9 Å². The second-order valence-electron chi connectivity index (χ2n) is 6.37. The van der Waals surface area contributed by atoms with Crippen molar-refractivity contribution in [3.8, 4) is 0 Å². The summed E-state index contributed by atoms with van der Waals surface area (Å²) in [5, 5.41) is 0. The van der Waals surface area contributed by atoms with Crippen LogP contribution in [0.5, 0.6) is 0 Å². The number of fused-ring (bicyclic) bond motifs is 3. The molecule has 0 fully saturated rings. The standard InChI is InChI=1S/C22H23NO6S2/c1-5-29-20(25)17-22(30-6-2)31-18(21(26)28-4)15(19(24)27-3)16-14-10-8-7-9-13(14)11-12-23(16)17/h7-12,16H,5-6H2,1-4H3. The number of ether oxygens (including phenoxy) is 3. The molecular formula is C22H23NO6S2. The molecule has 0 amide bonds. The summed E-state index contributed by atoms with van der Waals surface area (Å²) >= 11 is 2.42. The quantitative estimate of drug-likeness (QED) is 0.463. The summed E-state index contributed by atoms with van der Waals surface area (Å²) < 4.78 is 16.0. The lowest BCUT2D eigenvalue weighted by Gasteiger charge is -2.35. The normalized spacial score (nSPS) is 17.5. The number of rotatable bonds is 6. The average molecular weight is 462 g/mol. The van der Waals surface area contributed by atoms with Crippen LogP contribution >= 0.6 is 23.5 Å². The lowest BCUT2D eigenvalue weighted by atomic mass is 9.90. The zero-order valence-electron chi connectivity index (χ0n) is 17.7. The molecule has 3 rings (SSSR count). The molecule has 1 atom stereocenters. The summed E-state index contributed by atoms with van der Waals surface area (Å²) in [5.74, 6) is -1.22. The number of methoxy groups -OCH3 is 2. The zero-order valence-corrected chi connectivity index (χ0v) is 19.3. The van der Waals surface area contributed by atoms with E-state index in [1.165, 1.54) is 26.0 Å². The Kier molecular flexibility index (Phi) is 7.50. The van der Waals surface area contributed by atoms with Crippen LogP contribution in [0.3, 0.4) is 0 Å². The van der Waals surface area contributed by atoms with E-state index in [9.17, 15) is 14.4 Å². The third kappa shape index (κ3) is 4.38. The van der Waals surface area contributed by atoms with E-state index in [1.54, 1.807) is 18.0 Å². The Hall–Kier alpha value is -2.65. The molecular weight excluding hydrogens is 438 g/mol. The van der Waals surface area contributed by atoms with E-state index in [1.807, 2.05) is 37.3 Å². The van der Waals surface area contributed by atoms with Gasteiger partial charge in [-0.2, -0.15) is 0 Å². The van der Waals surface area contributed by atoms with Gasteiger partial charge < -0.3 is 19.1 Å². The number of esters is 3. The molecule has 2 aliphatic heterocycles. The second kappa shape index (κ2) is 10.1.